The summed E-state index contributed by atoms with van der Waals surface area (Å²) in [5.41, 5.74) is 2.13. The molecule has 0 aromatic heterocycles. The maximum Gasteiger partial charge on any atom is 0.221 e. The molecule has 2 N–H and O–H groups in total. The number of carbonyl (C=O) groups excluding carboxylic acids is 1. The van der Waals surface area contributed by atoms with Crippen LogP contribution in [0.15, 0.2) is 24.3 Å². The highest BCUT2D eigenvalue weighted by atomic mass is 32.2. The molecule has 1 heterocycles. The minimum absolute atomic E-state index is 0.0314. The number of anilines is 1. The monoisotopic (exact) mass is 222 g/mol. The molecule has 1 fully saturated rings. The number of hydrogen-bond acceptors (Lipinski definition) is 3. The van der Waals surface area contributed by atoms with Crippen LogP contribution in [0.5, 0.6) is 0 Å². The van der Waals surface area contributed by atoms with E-state index < -0.39 is 0 Å². The fourth-order valence-electron chi connectivity index (χ4n) is 1.58. The topological polar surface area (TPSA) is 41.1 Å². The Balaban J connectivity index is 2.06. The van der Waals surface area contributed by atoms with E-state index in [1.807, 2.05) is 23.9 Å². The maximum atomic E-state index is 10.8. The van der Waals surface area contributed by atoms with Crippen LogP contribution in [0.3, 0.4) is 0 Å². The second-order valence-corrected chi connectivity index (χ2v) is 4.72. The van der Waals surface area contributed by atoms with E-state index in [9.17, 15) is 4.79 Å². The smallest absolute Gasteiger partial charge is 0.221 e. The zero-order valence-electron chi connectivity index (χ0n) is 8.62. The second kappa shape index (κ2) is 4.68. The molecule has 3 nitrogen and oxygen atoms in total. The lowest BCUT2D eigenvalue weighted by molar-refractivity contribution is -0.114. The molecule has 0 aliphatic carbocycles. The van der Waals surface area contributed by atoms with Gasteiger partial charge in [-0.25, -0.2) is 0 Å². The van der Waals surface area contributed by atoms with Gasteiger partial charge in [0.15, 0.2) is 0 Å². The van der Waals surface area contributed by atoms with Crippen molar-refractivity contribution in [1.82, 2.24) is 5.32 Å². The average molecular weight is 222 g/mol. The van der Waals surface area contributed by atoms with Crippen molar-refractivity contribution in [3.8, 4) is 0 Å². The lowest BCUT2D eigenvalue weighted by Gasteiger charge is -2.10. The van der Waals surface area contributed by atoms with Crippen LogP contribution in [0.1, 0.15) is 17.9 Å². The Bertz CT molecular complexity index is 344. The number of thioether (sulfide) groups is 1. The Kier molecular flexibility index (Phi) is 3.28. The van der Waals surface area contributed by atoms with E-state index in [2.05, 4.69) is 22.8 Å². The zero-order valence-corrected chi connectivity index (χ0v) is 9.43. The normalized spacial score (nSPS) is 20.2. The molecule has 1 saturated heterocycles. The summed E-state index contributed by atoms with van der Waals surface area (Å²) in [5, 5.41) is 6.58. The molecule has 0 unspecified atom stereocenters. The van der Waals surface area contributed by atoms with Gasteiger partial charge in [-0.2, -0.15) is 0 Å². The van der Waals surface area contributed by atoms with E-state index in [1.165, 1.54) is 12.5 Å². The van der Waals surface area contributed by atoms with Crippen LogP contribution in [-0.4, -0.2) is 18.2 Å². The third-order valence-corrected chi connectivity index (χ3v) is 3.46. The molecule has 1 atom stereocenters. The van der Waals surface area contributed by atoms with Gasteiger partial charge in [-0.1, -0.05) is 12.1 Å². The summed E-state index contributed by atoms with van der Waals surface area (Å²) in [5.74, 6) is 1.13. The van der Waals surface area contributed by atoms with Gasteiger partial charge in [0, 0.05) is 24.9 Å². The fraction of sp³-hybridized carbons (Fsp3) is 0.364. The van der Waals surface area contributed by atoms with E-state index in [1.54, 1.807) is 0 Å². The Hall–Kier alpha value is -1.00. The molecule has 1 aromatic rings. The summed E-state index contributed by atoms with van der Waals surface area (Å²) in [6.45, 7) is 2.59. The molecule has 15 heavy (non-hydrogen) atoms. The van der Waals surface area contributed by atoms with Crippen LogP contribution in [0.4, 0.5) is 5.69 Å². The lowest BCUT2D eigenvalue weighted by atomic mass is 10.2. The zero-order chi connectivity index (χ0) is 10.7. The number of carbonyl (C=O) groups is 1. The van der Waals surface area contributed by atoms with E-state index in [0.29, 0.717) is 5.37 Å². The Morgan fingerprint density at radius 1 is 1.47 bits per heavy atom. The summed E-state index contributed by atoms with van der Waals surface area (Å²) in [4.78, 5) is 10.8. The van der Waals surface area contributed by atoms with Crippen LogP contribution >= 0.6 is 11.8 Å². The van der Waals surface area contributed by atoms with Crippen molar-refractivity contribution >= 4 is 23.4 Å². The highest BCUT2D eigenvalue weighted by Crippen LogP contribution is 2.30. The fourth-order valence-corrected chi connectivity index (χ4v) is 2.64. The molecular formula is C11H14N2OS. The van der Waals surface area contributed by atoms with Gasteiger partial charge in [0.1, 0.15) is 0 Å². The molecule has 1 amide bonds. The summed E-state index contributed by atoms with van der Waals surface area (Å²) in [6.07, 6.45) is 0. The number of benzene rings is 1. The number of hydrogen-bond donors (Lipinski definition) is 2. The quantitative estimate of drug-likeness (QED) is 0.804. The van der Waals surface area contributed by atoms with Gasteiger partial charge in [-0.3, -0.25) is 4.79 Å². The van der Waals surface area contributed by atoms with Gasteiger partial charge in [-0.15, -0.1) is 11.8 Å². The molecule has 80 valence electrons. The molecule has 0 spiro atoms. The lowest BCUT2D eigenvalue weighted by Crippen LogP contribution is -2.12. The highest BCUT2D eigenvalue weighted by Gasteiger charge is 2.15. The molecule has 1 aliphatic heterocycles. The SMILES string of the molecule is CC(=O)Nc1ccc([C@H]2NCCS2)cc1. The van der Waals surface area contributed by atoms with Crippen molar-refractivity contribution in [1.29, 1.82) is 0 Å². The Morgan fingerprint density at radius 3 is 2.73 bits per heavy atom. The Labute approximate surface area is 93.6 Å². The van der Waals surface area contributed by atoms with Crippen molar-refractivity contribution in [3.63, 3.8) is 0 Å². The molecule has 1 aromatic carbocycles. The predicted molar refractivity (Wildman–Crippen MR) is 63.9 cm³/mol. The summed E-state index contributed by atoms with van der Waals surface area (Å²) < 4.78 is 0. The van der Waals surface area contributed by atoms with E-state index in [4.69, 9.17) is 0 Å². The summed E-state index contributed by atoms with van der Waals surface area (Å²) in [6, 6.07) is 8.00. The first-order valence-electron chi connectivity index (χ1n) is 4.98. The minimum atomic E-state index is -0.0314. The summed E-state index contributed by atoms with van der Waals surface area (Å²) in [7, 11) is 0. The number of amides is 1. The predicted octanol–water partition coefficient (Wildman–Crippen LogP) is 1.98. The van der Waals surface area contributed by atoms with Gasteiger partial charge in [0.2, 0.25) is 5.91 Å². The molecule has 1 aliphatic rings. The second-order valence-electron chi connectivity index (χ2n) is 3.51. The van der Waals surface area contributed by atoms with Crippen LogP contribution in [0.2, 0.25) is 0 Å². The summed E-state index contributed by atoms with van der Waals surface area (Å²) >= 11 is 1.92. The molecule has 2 rings (SSSR count). The molecule has 4 heteroatoms. The first kappa shape index (κ1) is 10.5. The van der Waals surface area contributed by atoms with Crippen molar-refractivity contribution in [2.24, 2.45) is 0 Å². The Morgan fingerprint density at radius 2 is 2.20 bits per heavy atom. The van der Waals surface area contributed by atoms with Crippen LogP contribution < -0.4 is 10.6 Å². The number of rotatable bonds is 2. The van der Waals surface area contributed by atoms with Gasteiger partial charge < -0.3 is 10.6 Å². The molecular weight excluding hydrogens is 208 g/mol. The first-order valence-corrected chi connectivity index (χ1v) is 6.03. The van der Waals surface area contributed by atoms with Crippen LogP contribution in [0.25, 0.3) is 0 Å². The largest absolute Gasteiger partial charge is 0.326 e. The third kappa shape index (κ3) is 2.73. The number of nitrogens with one attached hydrogen (secondary N) is 2. The van der Waals surface area contributed by atoms with Gasteiger partial charge >= 0.3 is 0 Å². The van der Waals surface area contributed by atoms with Gasteiger partial charge in [0.25, 0.3) is 0 Å². The van der Waals surface area contributed by atoms with Crippen molar-refractivity contribution in [2.75, 3.05) is 17.6 Å². The molecule has 0 bridgehead atoms. The van der Waals surface area contributed by atoms with Crippen molar-refractivity contribution in [3.05, 3.63) is 29.8 Å². The standard InChI is InChI=1S/C11H14N2OS/c1-8(14)13-10-4-2-9(3-5-10)11-12-6-7-15-11/h2-5,11-12H,6-7H2,1H3,(H,13,14)/t11-/m0/s1. The van der Waals surface area contributed by atoms with E-state index >= 15 is 0 Å². The van der Waals surface area contributed by atoms with Gasteiger partial charge in [-0.05, 0) is 17.7 Å². The maximum absolute atomic E-state index is 10.8. The molecule has 0 saturated carbocycles. The highest BCUT2D eigenvalue weighted by molar-refractivity contribution is 7.99. The van der Waals surface area contributed by atoms with Crippen LogP contribution in [0, 0.1) is 0 Å². The molecule has 0 radical (unpaired) electrons. The van der Waals surface area contributed by atoms with E-state index in [-0.39, 0.29) is 5.91 Å². The van der Waals surface area contributed by atoms with E-state index in [0.717, 1.165) is 18.0 Å². The van der Waals surface area contributed by atoms with Gasteiger partial charge in [0.05, 0.1) is 5.37 Å². The minimum Gasteiger partial charge on any atom is -0.326 e. The first-order chi connectivity index (χ1) is 7.25. The van der Waals surface area contributed by atoms with Crippen molar-refractivity contribution < 1.29 is 4.79 Å². The average Bonchev–Trinajstić information content (AvgIpc) is 2.71. The van der Waals surface area contributed by atoms with Crippen LogP contribution in [-0.2, 0) is 4.79 Å². The third-order valence-electron chi connectivity index (χ3n) is 2.25. The van der Waals surface area contributed by atoms with Crippen molar-refractivity contribution in [2.45, 2.75) is 12.3 Å².